The largest absolute Gasteiger partial charge is 0.397 e. The molecule has 3 rings (SSSR count). The Hall–Kier alpha value is -1.60. The molecular weight excluding hydrogens is 451 g/mol. The lowest BCUT2D eigenvalue weighted by Gasteiger charge is -2.25. The number of hydrogen-bond donors (Lipinski definition) is 3. The summed E-state index contributed by atoms with van der Waals surface area (Å²) in [6.45, 7) is 3.66. The highest BCUT2D eigenvalue weighted by molar-refractivity contribution is 7.97. The average molecular weight is 478 g/mol. The summed E-state index contributed by atoms with van der Waals surface area (Å²) in [6, 6.07) is 1.63. The third-order valence-corrected chi connectivity index (χ3v) is 8.61. The van der Waals surface area contributed by atoms with Gasteiger partial charge in [0.25, 0.3) is 0 Å². The van der Waals surface area contributed by atoms with Crippen LogP contribution < -0.4 is 5.73 Å². The van der Waals surface area contributed by atoms with Gasteiger partial charge in [-0.3, -0.25) is 9.13 Å². The van der Waals surface area contributed by atoms with Crippen molar-refractivity contribution in [1.82, 2.24) is 14.5 Å². The minimum Gasteiger partial charge on any atom is -0.397 e. The van der Waals surface area contributed by atoms with Crippen molar-refractivity contribution in [3.8, 4) is 0 Å². The fourth-order valence-corrected chi connectivity index (χ4v) is 6.81. The quantitative estimate of drug-likeness (QED) is 0.431. The van der Waals surface area contributed by atoms with E-state index in [0.717, 1.165) is 0 Å². The first-order valence-corrected chi connectivity index (χ1v) is 13.2. The van der Waals surface area contributed by atoms with Crippen LogP contribution in [0, 0.1) is 0 Å². The summed E-state index contributed by atoms with van der Waals surface area (Å²) in [5.41, 5.74) is 6.17. The van der Waals surface area contributed by atoms with Crippen LogP contribution in [0.3, 0.4) is 0 Å². The van der Waals surface area contributed by atoms with Crippen LogP contribution in [-0.4, -0.2) is 75.5 Å². The highest BCUT2D eigenvalue weighted by Gasteiger charge is 2.48. The topological polar surface area (TPSA) is 176 Å². The van der Waals surface area contributed by atoms with Crippen molar-refractivity contribution in [2.75, 3.05) is 24.1 Å². The molecule has 1 saturated heterocycles. The van der Waals surface area contributed by atoms with E-state index in [1.807, 2.05) is 13.8 Å². The number of nitrogens with zero attached hydrogens (tertiary/aromatic N) is 3. The summed E-state index contributed by atoms with van der Waals surface area (Å²) in [5.74, 6) is -0.472. The molecule has 0 aromatic carbocycles. The summed E-state index contributed by atoms with van der Waals surface area (Å²) in [6.07, 6.45) is 0.164. The van der Waals surface area contributed by atoms with Gasteiger partial charge in [0, 0.05) is 13.3 Å². The second-order valence-electron chi connectivity index (χ2n) is 7.67. The molecule has 0 amide bonds. The Morgan fingerprint density at radius 3 is 2.65 bits per heavy atom. The average Bonchev–Trinajstić information content (AvgIpc) is 3.19. The maximum atomic E-state index is 12.1. The molecule has 2 aromatic rings. The first-order valence-electron chi connectivity index (χ1n) is 9.57. The third-order valence-electron chi connectivity index (χ3n) is 4.83. The highest BCUT2D eigenvalue weighted by Crippen LogP contribution is 2.39. The monoisotopic (exact) mass is 478 g/mol. The minimum atomic E-state index is -4.71. The fourth-order valence-electron chi connectivity index (χ4n) is 3.65. The third kappa shape index (κ3) is 5.61. The van der Waals surface area contributed by atoms with Crippen molar-refractivity contribution >= 4 is 34.3 Å². The van der Waals surface area contributed by atoms with Gasteiger partial charge in [-0.15, -0.1) is 0 Å². The molecule has 0 spiro atoms. The lowest BCUT2D eigenvalue weighted by molar-refractivity contribution is -0.0785. The summed E-state index contributed by atoms with van der Waals surface area (Å²) in [4.78, 5) is 26.6. The van der Waals surface area contributed by atoms with E-state index in [2.05, 4.69) is 9.97 Å². The Labute approximate surface area is 179 Å². The first kappa shape index (κ1) is 24.1. The smallest absolute Gasteiger partial charge is 0.340 e. The van der Waals surface area contributed by atoms with Gasteiger partial charge < -0.3 is 29.7 Å². The van der Waals surface area contributed by atoms with Crippen LogP contribution >= 0.6 is 7.60 Å². The zero-order valence-electron chi connectivity index (χ0n) is 17.4. The molecule has 14 heteroatoms. The number of hydrogen-bond acceptors (Lipinski definition) is 9. The maximum absolute atomic E-state index is 12.1. The predicted molar refractivity (Wildman–Crippen MR) is 112 cm³/mol. The van der Waals surface area contributed by atoms with Gasteiger partial charge >= 0.3 is 7.60 Å². The maximum Gasteiger partial charge on any atom is 0.340 e. The predicted octanol–water partition coefficient (Wildman–Crippen LogP) is 0.660. The molecule has 3 heterocycles. The van der Waals surface area contributed by atoms with E-state index in [-0.39, 0.29) is 12.5 Å². The number of fused-ring (bicyclic) bond motifs is 1. The molecule has 4 N–H and O–H groups in total. The number of pyridine rings is 1. The van der Waals surface area contributed by atoms with Crippen molar-refractivity contribution in [3.63, 3.8) is 0 Å². The molecule has 0 saturated carbocycles. The van der Waals surface area contributed by atoms with Crippen molar-refractivity contribution in [3.05, 3.63) is 18.6 Å². The minimum absolute atomic E-state index is 0.0295. The Morgan fingerprint density at radius 1 is 1.32 bits per heavy atom. The van der Waals surface area contributed by atoms with Gasteiger partial charge in [-0.25, -0.2) is 18.4 Å². The van der Waals surface area contributed by atoms with Gasteiger partial charge in [0.2, 0.25) is 0 Å². The number of nitrogens with two attached hydrogens (primary N) is 1. The summed E-state index contributed by atoms with van der Waals surface area (Å²) in [5, 5.41) is 0. The Balaban J connectivity index is 1.88. The molecule has 0 bridgehead atoms. The Kier molecular flexibility index (Phi) is 7.06. The number of ether oxygens (including phenoxy) is 3. The molecule has 1 aliphatic rings. The number of imidazole rings is 1. The molecule has 2 aromatic heterocycles. The van der Waals surface area contributed by atoms with E-state index in [0.29, 0.717) is 16.9 Å². The number of sulfone groups is 1. The molecule has 4 atom stereocenters. The zero-order chi connectivity index (χ0) is 23.0. The summed E-state index contributed by atoms with van der Waals surface area (Å²) < 4.78 is 54.8. The van der Waals surface area contributed by atoms with Gasteiger partial charge in [0.15, 0.2) is 27.2 Å². The van der Waals surface area contributed by atoms with Gasteiger partial charge in [-0.2, -0.15) is 0 Å². The molecular formula is C17H27N4O8PS. The second kappa shape index (κ2) is 9.10. The second-order valence-corrected chi connectivity index (χ2v) is 11.9. The van der Waals surface area contributed by atoms with Gasteiger partial charge in [0.1, 0.15) is 17.7 Å². The Morgan fingerprint density at radius 2 is 2.03 bits per heavy atom. The SMILES string of the molecule is CO[C@@H]1[C@H](OC(C)C)[C@@H](CCS(=O)(=O)CP(=O)(O)O)O[C@H]1n1cnc2c(N)ccnc21. The van der Waals surface area contributed by atoms with E-state index in [4.69, 9.17) is 29.7 Å². The molecule has 0 radical (unpaired) electrons. The number of methoxy groups -OCH3 is 1. The van der Waals surface area contributed by atoms with Crippen LogP contribution in [0.25, 0.3) is 11.2 Å². The van der Waals surface area contributed by atoms with Crippen molar-refractivity contribution in [1.29, 1.82) is 0 Å². The van der Waals surface area contributed by atoms with Crippen LogP contribution in [0.15, 0.2) is 18.6 Å². The van der Waals surface area contributed by atoms with E-state index < -0.39 is 53.2 Å². The van der Waals surface area contributed by atoms with Crippen LogP contribution in [0.5, 0.6) is 0 Å². The number of aromatic nitrogens is 3. The van der Waals surface area contributed by atoms with E-state index in [1.54, 1.807) is 16.8 Å². The molecule has 0 unspecified atom stereocenters. The zero-order valence-corrected chi connectivity index (χ0v) is 19.1. The van der Waals surface area contributed by atoms with Crippen LogP contribution in [0.2, 0.25) is 0 Å². The van der Waals surface area contributed by atoms with Crippen LogP contribution in [0.1, 0.15) is 26.5 Å². The van der Waals surface area contributed by atoms with Crippen LogP contribution in [0.4, 0.5) is 5.69 Å². The van der Waals surface area contributed by atoms with Gasteiger partial charge in [-0.1, -0.05) is 0 Å². The molecule has 1 aliphatic heterocycles. The van der Waals surface area contributed by atoms with E-state index in [1.165, 1.54) is 13.4 Å². The lowest BCUT2D eigenvalue weighted by atomic mass is 10.1. The fraction of sp³-hybridized carbons (Fsp3) is 0.647. The van der Waals surface area contributed by atoms with Crippen LogP contribution in [-0.2, 0) is 28.6 Å². The van der Waals surface area contributed by atoms with Crippen molar-refractivity contribution in [2.45, 2.75) is 50.9 Å². The number of anilines is 1. The normalized spacial score (nSPS) is 25.0. The first-order chi connectivity index (χ1) is 14.4. The molecule has 31 heavy (non-hydrogen) atoms. The number of rotatable bonds is 9. The highest BCUT2D eigenvalue weighted by atomic mass is 32.2. The van der Waals surface area contributed by atoms with Gasteiger partial charge in [0.05, 0.1) is 30.0 Å². The van der Waals surface area contributed by atoms with Gasteiger partial charge in [-0.05, 0) is 26.3 Å². The molecule has 12 nitrogen and oxygen atoms in total. The molecule has 0 aliphatic carbocycles. The van der Waals surface area contributed by atoms with E-state index in [9.17, 15) is 13.0 Å². The standard InChI is InChI=1S/C17H27N4O8PS/c1-10(2)28-14-12(5-7-31(25,26)9-30(22,23)24)29-17(15(14)27-3)21-8-20-13-11(18)4-6-19-16(13)21/h4,6,8,10,12,14-15,17H,5,7,9H2,1-3H3,(H2,18,19)(H2,22,23,24)/t12-,14-,15-,17-/m1/s1. The van der Waals surface area contributed by atoms with Crippen molar-refractivity contribution in [2.24, 2.45) is 0 Å². The summed E-state index contributed by atoms with van der Waals surface area (Å²) in [7, 11) is -7.22. The van der Waals surface area contributed by atoms with Crippen molar-refractivity contribution < 1.29 is 37.0 Å². The lowest BCUT2D eigenvalue weighted by Crippen LogP contribution is -2.38. The summed E-state index contributed by atoms with van der Waals surface area (Å²) >= 11 is 0. The Bertz CT molecular complexity index is 1070. The molecule has 174 valence electrons. The van der Waals surface area contributed by atoms with E-state index >= 15 is 0 Å². The number of nitrogen functional groups attached to an aromatic ring is 1. The molecule has 1 fully saturated rings.